The Morgan fingerprint density at radius 3 is 2.84 bits per heavy atom. The fraction of sp³-hybridized carbons (Fsp3) is 0.304. The van der Waals surface area contributed by atoms with E-state index in [1.807, 2.05) is 0 Å². The number of halogens is 1. The van der Waals surface area contributed by atoms with Gasteiger partial charge in [0.15, 0.2) is 4.77 Å². The third-order valence-corrected chi connectivity index (χ3v) is 6.06. The maximum atomic E-state index is 13.2. The van der Waals surface area contributed by atoms with E-state index < -0.39 is 0 Å². The fourth-order valence-electron chi connectivity index (χ4n) is 4.00. The Morgan fingerprint density at radius 2 is 2.06 bits per heavy atom. The number of piperidine rings is 1. The second-order valence-corrected chi connectivity index (χ2v) is 8.48. The summed E-state index contributed by atoms with van der Waals surface area (Å²) < 4.78 is 6.69. The summed E-state index contributed by atoms with van der Waals surface area (Å²) in [6, 6.07) is 11.7. The lowest BCUT2D eigenvalue weighted by atomic mass is 9.97. The Balaban J connectivity index is 1.67. The third kappa shape index (κ3) is 4.33. The minimum atomic E-state index is -0.320. The Hall–Kier alpha value is -2.97. The second kappa shape index (κ2) is 9.26. The van der Waals surface area contributed by atoms with Crippen LogP contribution in [0.15, 0.2) is 47.3 Å². The molecule has 0 saturated carbocycles. The lowest BCUT2D eigenvalue weighted by Gasteiger charge is -2.31. The van der Waals surface area contributed by atoms with Crippen LogP contribution in [0.2, 0.25) is 5.02 Å². The van der Waals surface area contributed by atoms with Crippen molar-refractivity contribution < 1.29 is 14.3 Å². The number of fused-ring (bicyclic) bond motifs is 1. The summed E-state index contributed by atoms with van der Waals surface area (Å²) in [5.74, 6) is -0.788. The van der Waals surface area contributed by atoms with Crippen LogP contribution in [-0.2, 0) is 9.53 Å². The van der Waals surface area contributed by atoms with E-state index in [1.165, 1.54) is 4.57 Å². The summed E-state index contributed by atoms with van der Waals surface area (Å²) in [6.45, 7) is 2.97. The first kappa shape index (κ1) is 22.2. The van der Waals surface area contributed by atoms with Gasteiger partial charge >= 0.3 is 5.97 Å². The summed E-state index contributed by atoms with van der Waals surface area (Å²) >= 11 is 11.4. The van der Waals surface area contributed by atoms with Crippen molar-refractivity contribution >= 4 is 46.6 Å². The van der Waals surface area contributed by atoms with Gasteiger partial charge in [-0.3, -0.25) is 19.0 Å². The van der Waals surface area contributed by atoms with E-state index in [-0.39, 0.29) is 28.1 Å². The fourth-order valence-corrected chi connectivity index (χ4v) is 4.47. The molecule has 2 heterocycles. The van der Waals surface area contributed by atoms with Gasteiger partial charge in [0.2, 0.25) is 0 Å². The van der Waals surface area contributed by atoms with Gasteiger partial charge in [-0.2, -0.15) is 0 Å². The van der Waals surface area contributed by atoms with Gasteiger partial charge in [-0.15, -0.1) is 0 Å². The maximum absolute atomic E-state index is 13.2. The molecule has 1 N–H and O–H groups in total. The van der Waals surface area contributed by atoms with E-state index in [0.717, 1.165) is 6.42 Å². The van der Waals surface area contributed by atoms with Crippen LogP contribution in [0.25, 0.3) is 16.6 Å². The van der Waals surface area contributed by atoms with Crippen LogP contribution in [0.1, 0.15) is 30.1 Å². The maximum Gasteiger partial charge on any atom is 0.310 e. The van der Waals surface area contributed by atoms with Crippen molar-refractivity contribution in [2.24, 2.45) is 5.92 Å². The average Bonchev–Trinajstić information content (AvgIpc) is 2.79. The standard InChI is InChI=1S/C23H22ClN3O4S/c1-2-31-22(30)15-6-4-10-26(13-15)20(28)14-5-3-7-17(11-14)27-21(29)18-9-8-16(24)12-19(18)25-23(27)32/h3,5,7-9,11-12,15H,2,4,6,10,13H2,1H3,(H,25,32)/t15-/m1/s1. The number of H-pyrrole nitrogens is 1. The van der Waals surface area contributed by atoms with Gasteiger partial charge in [0, 0.05) is 23.7 Å². The quantitative estimate of drug-likeness (QED) is 0.457. The number of nitrogens with zero attached hydrogens (tertiary/aromatic N) is 2. The van der Waals surface area contributed by atoms with Crippen LogP contribution in [0.5, 0.6) is 0 Å². The molecular formula is C23H22ClN3O4S. The first-order valence-electron chi connectivity index (χ1n) is 10.4. The number of rotatable bonds is 4. The number of aromatic amines is 1. The minimum Gasteiger partial charge on any atom is -0.466 e. The number of benzene rings is 2. The van der Waals surface area contributed by atoms with Crippen LogP contribution in [0.3, 0.4) is 0 Å². The highest BCUT2D eigenvalue weighted by Crippen LogP contribution is 2.21. The molecule has 0 bridgehead atoms. The van der Waals surface area contributed by atoms with Crippen LogP contribution >= 0.6 is 23.8 Å². The molecule has 1 aliphatic heterocycles. The normalized spacial score (nSPS) is 16.2. The van der Waals surface area contributed by atoms with Crippen molar-refractivity contribution in [3.05, 3.63) is 68.2 Å². The molecule has 1 atom stereocenters. The van der Waals surface area contributed by atoms with Crippen LogP contribution in [0.4, 0.5) is 0 Å². The number of carbonyl (C=O) groups excluding carboxylic acids is 2. The SMILES string of the molecule is CCOC(=O)[C@@H]1CCCN(C(=O)c2cccc(-n3c(=S)[nH]c4cc(Cl)ccc4c3=O)c2)C1. The summed E-state index contributed by atoms with van der Waals surface area (Å²) in [5.41, 5.74) is 1.15. The molecule has 0 unspecified atom stereocenters. The van der Waals surface area contributed by atoms with Crippen molar-refractivity contribution in [2.45, 2.75) is 19.8 Å². The van der Waals surface area contributed by atoms with Gasteiger partial charge in [0.1, 0.15) is 0 Å². The molecule has 0 aliphatic carbocycles. The van der Waals surface area contributed by atoms with Crippen molar-refractivity contribution in [3.8, 4) is 5.69 Å². The molecule has 1 fully saturated rings. The van der Waals surface area contributed by atoms with Gasteiger partial charge < -0.3 is 14.6 Å². The first-order chi connectivity index (χ1) is 15.4. The van der Waals surface area contributed by atoms with E-state index in [9.17, 15) is 14.4 Å². The molecule has 9 heteroatoms. The zero-order valence-corrected chi connectivity index (χ0v) is 19.0. The summed E-state index contributed by atoms with van der Waals surface area (Å²) in [6.07, 6.45) is 1.43. The number of ether oxygens (including phenoxy) is 1. The smallest absolute Gasteiger partial charge is 0.310 e. The molecule has 1 aromatic heterocycles. The number of hydrogen-bond acceptors (Lipinski definition) is 5. The zero-order valence-electron chi connectivity index (χ0n) is 17.5. The Kier molecular flexibility index (Phi) is 6.43. The number of amides is 1. The van der Waals surface area contributed by atoms with Crippen LogP contribution < -0.4 is 5.56 Å². The molecule has 1 aliphatic rings. The Bertz CT molecular complexity index is 1320. The van der Waals surface area contributed by atoms with E-state index in [0.29, 0.717) is 53.3 Å². The summed E-state index contributed by atoms with van der Waals surface area (Å²) in [5, 5.41) is 0.934. The Labute approximate surface area is 194 Å². The second-order valence-electron chi connectivity index (χ2n) is 7.65. The summed E-state index contributed by atoms with van der Waals surface area (Å²) in [7, 11) is 0. The molecule has 4 rings (SSSR count). The van der Waals surface area contributed by atoms with Crippen LogP contribution in [0, 0.1) is 10.7 Å². The molecule has 7 nitrogen and oxygen atoms in total. The number of aromatic nitrogens is 2. The molecule has 3 aromatic rings. The highest BCUT2D eigenvalue weighted by Gasteiger charge is 2.30. The largest absolute Gasteiger partial charge is 0.466 e. The minimum absolute atomic E-state index is 0.198. The van der Waals surface area contributed by atoms with E-state index in [1.54, 1.807) is 54.3 Å². The predicted octanol–water partition coefficient (Wildman–Crippen LogP) is 4.12. The lowest BCUT2D eigenvalue weighted by molar-refractivity contribution is -0.149. The van der Waals surface area contributed by atoms with Gasteiger partial charge in [0.25, 0.3) is 11.5 Å². The third-order valence-electron chi connectivity index (χ3n) is 5.54. The molecule has 32 heavy (non-hydrogen) atoms. The van der Waals surface area contributed by atoms with Crippen LogP contribution in [-0.4, -0.2) is 46.0 Å². The number of carbonyl (C=O) groups is 2. The number of likely N-dealkylation sites (tertiary alicyclic amines) is 1. The predicted molar refractivity (Wildman–Crippen MR) is 125 cm³/mol. The van der Waals surface area contributed by atoms with Gasteiger partial charge in [-0.1, -0.05) is 17.7 Å². The van der Waals surface area contributed by atoms with E-state index in [2.05, 4.69) is 4.98 Å². The molecule has 1 saturated heterocycles. The van der Waals surface area contributed by atoms with Crippen molar-refractivity contribution in [1.82, 2.24) is 14.5 Å². The topological polar surface area (TPSA) is 84.4 Å². The number of esters is 1. The van der Waals surface area contributed by atoms with Crippen molar-refractivity contribution in [3.63, 3.8) is 0 Å². The van der Waals surface area contributed by atoms with Gasteiger partial charge in [-0.25, -0.2) is 0 Å². The number of hydrogen-bond donors (Lipinski definition) is 1. The number of nitrogens with one attached hydrogen (secondary N) is 1. The van der Waals surface area contributed by atoms with E-state index in [4.69, 9.17) is 28.6 Å². The van der Waals surface area contributed by atoms with Crippen molar-refractivity contribution in [2.75, 3.05) is 19.7 Å². The average molecular weight is 472 g/mol. The summed E-state index contributed by atoms with van der Waals surface area (Å²) in [4.78, 5) is 43.1. The highest BCUT2D eigenvalue weighted by molar-refractivity contribution is 7.71. The van der Waals surface area contributed by atoms with Gasteiger partial charge in [-0.05, 0) is 68.4 Å². The molecule has 1 amide bonds. The molecule has 2 aromatic carbocycles. The first-order valence-corrected chi connectivity index (χ1v) is 11.2. The molecule has 0 radical (unpaired) electrons. The highest BCUT2D eigenvalue weighted by atomic mass is 35.5. The van der Waals surface area contributed by atoms with Gasteiger partial charge in [0.05, 0.1) is 29.1 Å². The monoisotopic (exact) mass is 471 g/mol. The molecule has 0 spiro atoms. The van der Waals surface area contributed by atoms with E-state index >= 15 is 0 Å². The molecular weight excluding hydrogens is 450 g/mol. The Morgan fingerprint density at radius 1 is 1.25 bits per heavy atom. The lowest BCUT2D eigenvalue weighted by Crippen LogP contribution is -2.42. The zero-order chi connectivity index (χ0) is 22.8. The van der Waals surface area contributed by atoms with Crippen molar-refractivity contribution in [1.29, 1.82) is 0 Å². The molecule has 166 valence electrons.